The van der Waals surface area contributed by atoms with Crippen molar-refractivity contribution in [3.05, 3.63) is 39.7 Å². The van der Waals surface area contributed by atoms with E-state index in [2.05, 4.69) is 15.4 Å². The second kappa shape index (κ2) is 8.07. The zero-order valence-corrected chi connectivity index (χ0v) is 16.1. The summed E-state index contributed by atoms with van der Waals surface area (Å²) in [4.78, 5) is 19.1. The van der Waals surface area contributed by atoms with E-state index in [9.17, 15) is 4.79 Å². The Hall–Kier alpha value is -1.77. The number of nitrogens with one attached hydrogen (secondary N) is 1. The van der Waals surface area contributed by atoms with Crippen LogP contribution in [0, 0.1) is 0 Å². The molecule has 1 aliphatic heterocycles. The lowest BCUT2D eigenvalue weighted by molar-refractivity contribution is 0.0716. The summed E-state index contributed by atoms with van der Waals surface area (Å²) in [5, 5.41) is 8.26. The number of hydrogen-bond donors (Lipinski definition) is 1. The number of hydrogen-bond acceptors (Lipinski definition) is 4. The van der Waals surface area contributed by atoms with Crippen molar-refractivity contribution in [2.24, 2.45) is 4.99 Å². The van der Waals surface area contributed by atoms with E-state index in [1.54, 1.807) is 23.3 Å². The molecular formula is C16H18ClN5OS2. The Kier molecular flexibility index (Phi) is 5.82. The minimum Gasteiger partial charge on any atom is -0.364 e. The summed E-state index contributed by atoms with van der Waals surface area (Å²) >= 11 is 12.4. The zero-order chi connectivity index (χ0) is 17.8. The number of carbonyl (C=O) groups excluding carboxylic acids is 1. The molecule has 0 aliphatic carbocycles. The number of halogens is 1. The van der Waals surface area contributed by atoms with E-state index in [-0.39, 0.29) is 5.91 Å². The molecule has 0 spiro atoms. The Morgan fingerprint density at radius 3 is 2.60 bits per heavy atom. The van der Waals surface area contributed by atoms with Crippen molar-refractivity contribution in [3.8, 4) is 5.69 Å². The summed E-state index contributed by atoms with van der Waals surface area (Å²) < 4.78 is 2.18. The molecule has 6 nitrogen and oxygen atoms in total. The number of amides is 1. The molecule has 0 radical (unpaired) electrons. The van der Waals surface area contributed by atoms with Crippen LogP contribution in [0.4, 0.5) is 0 Å². The Morgan fingerprint density at radius 2 is 1.96 bits per heavy atom. The second-order valence-corrected chi connectivity index (χ2v) is 7.35. The number of aromatic nitrogens is 2. The number of nitrogens with zero attached hydrogens (tertiary/aromatic N) is 4. The first-order chi connectivity index (χ1) is 12.1. The summed E-state index contributed by atoms with van der Waals surface area (Å²) in [6.45, 7) is 1.51. The largest absolute Gasteiger partial charge is 0.364 e. The first-order valence-corrected chi connectivity index (χ1v) is 9.57. The van der Waals surface area contributed by atoms with Crippen molar-refractivity contribution in [3.63, 3.8) is 0 Å². The zero-order valence-electron chi connectivity index (χ0n) is 13.7. The molecule has 25 heavy (non-hydrogen) atoms. The van der Waals surface area contributed by atoms with E-state index in [0.29, 0.717) is 20.5 Å². The molecule has 0 saturated carbocycles. The minimum atomic E-state index is -0.0960. The van der Waals surface area contributed by atoms with Crippen LogP contribution in [0.25, 0.3) is 5.69 Å². The van der Waals surface area contributed by atoms with Gasteiger partial charge in [0.15, 0.2) is 15.5 Å². The normalized spacial score (nSPS) is 15.3. The molecule has 1 amide bonds. The first-order valence-electron chi connectivity index (χ1n) is 8.01. The van der Waals surface area contributed by atoms with Crippen LogP contribution >= 0.6 is 35.4 Å². The monoisotopic (exact) mass is 395 g/mol. The summed E-state index contributed by atoms with van der Waals surface area (Å²) in [5.74, 6) is -0.0960. The fraction of sp³-hybridized carbons (Fsp3) is 0.375. The highest BCUT2D eigenvalue weighted by molar-refractivity contribution is 7.80. The van der Waals surface area contributed by atoms with E-state index in [4.69, 9.17) is 23.8 Å². The van der Waals surface area contributed by atoms with Crippen LogP contribution in [-0.2, 0) is 0 Å². The second-order valence-electron chi connectivity index (χ2n) is 5.61. The predicted molar refractivity (Wildman–Crippen MR) is 103 cm³/mol. The smallest absolute Gasteiger partial charge is 0.277 e. The molecule has 0 atom stereocenters. The van der Waals surface area contributed by atoms with Crippen LogP contribution in [0.1, 0.15) is 29.8 Å². The van der Waals surface area contributed by atoms with Crippen molar-refractivity contribution in [1.82, 2.24) is 19.4 Å². The molecule has 1 fully saturated rings. The number of rotatable bonds is 2. The van der Waals surface area contributed by atoms with E-state index in [0.717, 1.165) is 38.0 Å². The molecule has 2 heterocycles. The quantitative estimate of drug-likeness (QED) is 0.794. The Bertz CT molecular complexity index is 837. The molecule has 1 saturated heterocycles. The van der Waals surface area contributed by atoms with E-state index >= 15 is 0 Å². The number of thiocarbonyl (C=S) groups is 1. The van der Waals surface area contributed by atoms with Crippen LogP contribution in [0.3, 0.4) is 0 Å². The molecule has 1 aromatic heterocycles. The Balaban J connectivity index is 2.02. The molecule has 1 N–H and O–H groups in total. The lowest BCUT2D eigenvalue weighted by atomic mass is 10.1. The molecule has 3 rings (SSSR count). The standard InChI is InChI=1S/C16H18ClN5OS2/c1-18-16(24)19-14-13(15(23)21-9-3-2-4-10-21)20-22(25-14)12-7-5-11(17)6-8-12/h5-8H,2-4,9-10H2,1H3,(H,18,24)/b19-14-. The Morgan fingerprint density at radius 1 is 1.28 bits per heavy atom. The minimum absolute atomic E-state index is 0.0960. The molecule has 0 bridgehead atoms. The third-order valence-corrected chi connectivity index (χ3v) is 5.35. The summed E-state index contributed by atoms with van der Waals surface area (Å²) in [6.07, 6.45) is 3.20. The number of likely N-dealkylation sites (tertiary alicyclic amines) is 1. The van der Waals surface area contributed by atoms with E-state index in [1.165, 1.54) is 11.5 Å². The van der Waals surface area contributed by atoms with Crippen LogP contribution in [0.5, 0.6) is 0 Å². The first kappa shape index (κ1) is 18.0. The van der Waals surface area contributed by atoms with Gasteiger partial charge in [-0.3, -0.25) is 4.79 Å². The van der Waals surface area contributed by atoms with Crippen LogP contribution < -0.4 is 9.99 Å². The molecule has 9 heteroatoms. The fourth-order valence-electron chi connectivity index (χ4n) is 2.56. The maximum atomic E-state index is 12.9. The van der Waals surface area contributed by atoms with Crippen molar-refractivity contribution >= 4 is 46.4 Å². The fourth-order valence-corrected chi connectivity index (χ4v) is 3.70. The average molecular weight is 396 g/mol. The van der Waals surface area contributed by atoms with Gasteiger partial charge in [-0.25, -0.2) is 4.99 Å². The van der Waals surface area contributed by atoms with Gasteiger partial charge in [0.2, 0.25) is 0 Å². The van der Waals surface area contributed by atoms with Gasteiger partial charge in [-0.2, -0.15) is 4.07 Å². The third-order valence-electron chi connectivity index (χ3n) is 3.88. The highest BCUT2D eigenvalue weighted by Gasteiger charge is 2.23. The number of carbonyl (C=O) groups is 1. The SMILES string of the molecule is CNC(=S)/N=c1\sn(-c2ccc(Cl)cc2)nc1C(=O)N1CCCCC1. The maximum absolute atomic E-state index is 12.9. The molecule has 1 aliphatic rings. The van der Waals surface area contributed by atoms with Crippen LogP contribution in [-0.4, -0.2) is 45.2 Å². The lowest BCUT2D eigenvalue weighted by Gasteiger charge is -2.25. The molecule has 1 aromatic carbocycles. The van der Waals surface area contributed by atoms with Gasteiger partial charge in [0.05, 0.1) is 5.69 Å². The van der Waals surface area contributed by atoms with Gasteiger partial charge in [-0.1, -0.05) is 11.6 Å². The maximum Gasteiger partial charge on any atom is 0.277 e. The van der Waals surface area contributed by atoms with Crippen molar-refractivity contribution in [1.29, 1.82) is 0 Å². The highest BCUT2D eigenvalue weighted by atomic mass is 35.5. The van der Waals surface area contributed by atoms with Gasteiger partial charge >= 0.3 is 0 Å². The van der Waals surface area contributed by atoms with Gasteiger partial charge < -0.3 is 10.2 Å². The number of piperidine rings is 1. The van der Waals surface area contributed by atoms with Crippen LogP contribution in [0.2, 0.25) is 5.02 Å². The predicted octanol–water partition coefficient (Wildman–Crippen LogP) is 2.62. The summed E-state index contributed by atoms with van der Waals surface area (Å²) in [7, 11) is 1.70. The lowest BCUT2D eigenvalue weighted by Crippen LogP contribution is -2.38. The van der Waals surface area contributed by atoms with Gasteiger partial charge in [0.1, 0.15) is 0 Å². The summed E-state index contributed by atoms with van der Waals surface area (Å²) in [6, 6.07) is 7.27. The van der Waals surface area contributed by atoms with Gasteiger partial charge in [0.25, 0.3) is 5.91 Å². The van der Waals surface area contributed by atoms with E-state index in [1.807, 2.05) is 17.0 Å². The Labute approximate surface area is 160 Å². The van der Waals surface area contributed by atoms with Crippen LogP contribution in [0.15, 0.2) is 29.3 Å². The summed E-state index contributed by atoms with van der Waals surface area (Å²) in [5.41, 5.74) is 1.15. The van der Waals surface area contributed by atoms with E-state index < -0.39 is 0 Å². The van der Waals surface area contributed by atoms with Crippen molar-refractivity contribution in [2.75, 3.05) is 20.1 Å². The third kappa shape index (κ3) is 4.26. The highest BCUT2D eigenvalue weighted by Crippen LogP contribution is 2.15. The molecule has 132 valence electrons. The van der Waals surface area contributed by atoms with Crippen molar-refractivity contribution < 1.29 is 4.79 Å². The molecular weight excluding hydrogens is 378 g/mol. The molecule has 0 unspecified atom stereocenters. The topological polar surface area (TPSA) is 62.5 Å². The van der Waals surface area contributed by atoms with Gasteiger partial charge in [-0.15, -0.1) is 5.10 Å². The number of benzene rings is 1. The van der Waals surface area contributed by atoms with Gasteiger partial charge in [0, 0.05) is 25.2 Å². The molecule has 2 aromatic rings. The van der Waals surface area contributed by atoms with Crippen molar-refractivity contribution in [2.45, 2.75) is 19.3 Å². The van der Waals surface area contributed by atoms with Gasteiger partial charge in [-0.05, 0) is 67.3 Å². The average Bonchev–Trinajstić information content (AvgIpc) is 3.06.